The van der Waals surface area contributed by atoms with Gasteiger partial charge in [-0.05, 0) is 84.9 Å². The molecule has 1 aliphatic heterocycles. The highest BCUT2D eigenvalue weighted by molar-refractivity contribution is 7.89. The third kappa shape index (κ3) is 7.32. The molecule has 1 amide bonds. The van der Waals surface area contributed by atoms with Crippen molar-refractivity contribution >= 4 is 33.2 Å². The highest BCUT2D eigenvalue weighted by atomic mass is 35.5. The Hall–Kier alpha value is -4.56. The second kappa shape index (κ2) is 13.4. The Kier molecular flexibility index (Phi) is 9.40. The summed E-state index contributed by atoms with van der Waals surface area (Å²) in [6, 6.07) is 20.3. The summed E-state index contributed by atoms with van der Waals surface area (Å²) in [5.41, 5.74) is 2.18. The lowest BCUT2D eigenvalue weighted by Gasteiger charge is -2.21. The van der Waals surface area contributed by atoms with Gasteiger partial charge in [0.05, 0.1) is 22.2 Å². The fourth-order valence-corrected chi connectivity index (χ4v) is 6.09. The maximum absolute atomic E-state index is 13.5. The van der Waals surface area contributed by atoms with Crippen LogP contribution in [0.2, 0.25) is 5.02 Å². The second-order valence-corrected chi connectivity index (χ2v) is 11.8. The van der Waals surface area contributed by atoms with Crippen molar-refractivity contribution in [2.75, 3.05) is 6.54 Å². The Bertz CT molecular complexity index is 1770. The van der Waals surface area contributed by atoms with Gasteiger partial charge in [-0.2, -0.15) is 4.31 Å². The van der Waals surface area contributed by atoms with Gasteiger partial charge in [0.25, 0.3) is 5.91 Å². The van der Waals surface area contributed by atoms with Crippen LogP contribution in [0.25, 0.3) is 0 Å². The van der Waals surface area contributed by atoms with Gasteiger partial charge in [0.2, 0.25) is 10.0 Å². The number of amides is 1. The van der Waals surface area contributed by atoms with E-state index in [-0.39, 0.29) is 41.0 Å². The zero-order chi connectivity index (χ0) is 31.3. The first-order valence-electron chi connectivity index (χ1n) is 13.0. The van der Waals surface area contributed by atoms with Crippen molar-refractivity contribution < 1.29 is 41.5 Å². The van der Waals surface area contributed by atoms with E-state index < -0.39 is 27.8 Å². The van der Waals surface area contributed by atoms with Gasteiger partial charge >= 0.3 is 0 Å². The number of oxime groups is 1. The number of hydrogen-bond acceptors (Lipinski definition) is 8. The smallest absolute Gasteiger partial charge is 0.262 e. The lowest BCUT2D eigenvalue weighted by molar-refractivity contribution is -0.132. The van der Waals surface area contributed by atoms with Crippen LogP contribution in [0.15, 0.2) is 101 Å². The summed E-state index contributed by atoms with van der Waals surface area (Å²) in [5.74, 6) is -0.0500. The molecule has 0 aliphatic carbocycles. The average Bonchev–Trinajstić information content (AvgIpc) is 3.45. The highest BCUT2D eigenvalue weighted by Gasteiger charge is 2.43. The Labute approximate surface area is 256 Å². The molecule has 0 saturated carbocycles. The van der Waals surface area contributed by atoms with E-state index in [1.54, 1.807) is 24.3 Å². The molecule has 1 fully saturated rings. The SMILES string of the molecule is O=C(NO)[C@@H]1C/C(=N/OCc2ccc(F)cc2Cl)CN1S(=O)(=O)c1ccc(Oc2ccc(Oc3ccc(F)cc3)cc2)cc1. The van der Waals surface area contributed by atoms with Gasteiger partial charge in [0, 0.05) is 12.0 Å². The summed E-state index contributed by atoms with van der Waals surface area (Å²) < 4.78 is 65.7. The number of carbonyl (C=O) groups is 1. The van der Waals surface area contributed by atoms with E-state index in [1.807, 2.05) is 0 Å². The van der Waals surface area contributed by atoms with Crippen molar-refractivity contribution in [3.05, 3.63) is 113 Å². The van der Waals surface area contributed by atoms with Crippen molar-refractivity contribution in [2.24, 2.45) is 5.16 Å². The summed E-state index contributed by atoms with van der Waals surface area (Å²) >= 11 is 5.99. The van der Waals surface area contributed by atoms with Crippen LogP contribution in [0.4, 0.5) is 8.78 Å². The van der Waals surface area contributed by atoms with Gasteiger partial charge in [-0.25, -0.2) is 22.7 Å². The van der Waals surface area contributed by atoms with Crippen LogP contribution in [0.1, 0.15) is 12.0 Å². The number of carbonyl (C=O) groups excluding carboxylic acids is 1. The molecule has 0 bridgehead atoms. The van der Waals surface area contributed by atoms with Gasteiger partial charge < -0.3 is 14.3 Å². The predicted octanol–water partition coefficient (Wildman–Crippen LogP) is 6.04. The minimum Gasteiger partial charge on any atom is -0.457 e. The molecule has 2 N–H and O–H groups in total. The molecule has 1 aliphatic rings. The van der Waals surface area contributed by atoms with E-state index in [1.165, 1.54) is 66.1 Å². The minimum absolute atomic E-state index is 0.113. The molecule has 44 heavy (non-hydrogen) atoms. The predicted molar refractivity (Wildman–Crippen MR) is 155 cm³/mol. The van der Waals surface area contributed by atoms with Crippen LogP contribution in [0.5, 0.6) is 23.0 Å². The highest BCUT2D eigenvalue weighted by Crippen LogP contribution is 2.30. The Morgan fingerprint density at radius 2 is 1.41 bits per heavy atom. The van der Waals surface area contributed by atoms with Gasteiger partial charge in [-0.15, -0.1) is 0 Å². The molecule has 4 aromatic carbocycles. The number of hydroxylamine groups is 1. The van der Waals surface area contributed by atoms with E-state index in [0.717, 1.165) is 10.4 Å². The summed E-state index contributed by atoms with van der Waals surface area (Å²) in [6.07, 6.45) is -0.134. The number of ether oxygens (including phenoxy) is 2. The van der Waals surface area contributed by atoms with Crippen molar-refractivity contribution in [2.45, 2.75) is 24.0 Å². The summed E-state index contributed by atoms with van der Waals surface area (Å²) in [7, 11) is -4.23. The first kappa shape index (κ1) is 30.9. The van der Waals surface area contributed by atoms with E-state index in [9.17, 15) is 27.2 Å². The van der Waals surface area contributed by atoms with E-state index in [4.69, 9.17) is 25.9 Å². The first-order chi connectivity index (χ1) is 21.1. The van der Waals surface area contributed by atoms with Gasteiger partial charge in [0.15, 0.2) is 0 Å². The molecule has 5 rings (SSSR count). The van der Waals surface area contributed by atoms with Crippen LogP contribution < -0.4 is 15.0 Å². The lowest BCUT2D eigenvalue weighted by atomic mass is 10.2. The van der Waals surface area contributed by atoms with Crippen LogP contribution in [0, 0.1) is 11.6 Å². The van der Waals surface area contributed by atoms with Crippen molar-refractivity contribution in [1.29, 1.82) is 0 Å². The van der Waals surface area contributed by atoms with Gasteiger partial charge in [-0.3, -0.25) is 10.0 Å². The topological polar surface area (TPSA) is 127 Å². The van der Waals surface area contributed by atoms with E-state index >= 15 is 0 Å². The van der Waals surface area contributed by atoms with Crippen LogP contribution in [-0.2, 0) is 26.3 Å². The molecular formula is C30H24ClF2N3O7S. The molecule has 1 saturated heterocycles. The Balaban J connectivity index is 1.24. The fraction of sp³-hybridized carbons (Fsp3) is 0.133. The van der Waals surface area contributed by atoms with Crippen LogP contribution in [-0.4, -0.2) is 42.1 Å². The maximum atomic E-state index is 13.5. The third-order valence-corrected chi connectivity index (χ3v) is 8.72. The quantitative estimate of drug-likeness (QED) is 0.159. The number of halogens is 3. The molecule has 14 heteroatoms. The largest absolute Gasteiger partial charge is 0.457 e. The van der Waals surface area contributed by atoms with Crippen molar-refractivity contribution in [3.8, 4) is 23.0 Å². The number of hydrogen-bond donors (Lipinski definition) is 2. The van der Waals surface area contributed by atoms with E-state index in [2.05, 4.69) is 5.16 Å². The van der Waals surface area contributed by atoms with E-state index in [0.29, 0.717) is 28.6 Å². The Morgan fingerprint density at radius 3 is 1.95 bits per heavy atom. The molecule has 0 spiro atoms. The number of benzene rings is 4. The maximum Gasteiger partial charge on any atom is 0.262 e. The molecule has 0 aromatic heterocycles. The second-order valence-electron chi connectivity index (χ2n) is 9.51. The minimum atomic E-state index is -4.23. The number of sulfonamides is 1. The summed E-state index contributed by atoms with van der Waals surface area (Å²) in [4.78, 5) is 17.5. The van der Waals surface area contributed by atoms with Crippen LogP contribution in [0.3, 0.4) is 0 Å². The Morgan fingerprint density at radius 1 is 0.886 bits per heavy atom. The summed E-state index contributed by atoms with van der Waals surface area (Å²) in [6.45, 7) is -0.389. The lowest BCUT2D eigenvalue weighted by Crippen LogP contribution is -2.44. The first-order valence-corrected chi connectivity index (χ1v) is 14.8. The molecule has 0 unspecified atom stereocenters. The normalized spacial score (nSPS) is 16.1. The molecular weight excluding hydrogens is 620 g/mol. The standard InChI is InChI=1S/C30H24ClF2N3O7S/c31-28-15-21(33)2-1-19(28)18-41-35-22-16-29(30(37)34-38)36(17-22)44(39,40)27-13-11-26(12-14-27)43-25-9-7-24(8-10-25)42-23-5-3-20(32)4-6-23/h1-15,29,38H,16-18H2,(H,34,37)/b35-22-/t29-/m0/s1. The molecule has 0 radical (unpaired) electrons. The fourth-order valence-electron chi connectivity index (χ4n) is 4.29. The summed E-state index contributed by atoms with van der Waals surface area (Å²) in [5, 5.41) is 13.3. The zero-order valence-electron chi connectivity index (χ0n) is 22.7. The van der Waals surface area contributed by atoms with Crippen LogP contribution >= 0.6 is 11.6 Å². The number of rotatable bonds is 10. The van der Waals surface area contributed by atoms with Crippen molar-refractivity contribution in [3.63, 3.8) is 0 Å². The average molecular weight is 644 g/mol. The monoisotopic (exact) mass is 643 g/mol. The molecule has 228 valence electrons. The van der Waals surface area contributed by atoms with Gasteiger partial charge in [0.1, 0.15) is 47.3 Å². The number of nitrogens with zero attached hydrogens (tertiary/aromatic N) is 2. The van der Waals surface area contributed by atoms with Crippen molar-refractivity contribution in [1.82, 2.24) is 9.79 Å². The number of nitrogens with one attached hydrogen (secondary N) is 1. The van der Waals surface area contributed by atoms with Gasteiger partial charge in [-0.1, -0.05) is 22.8 Å². The molecule has 1 atom stereocenters. The third-order valence-electron chi connectivity index (χ3n) is 6.50. The molecule has 10 nitrogen and oxygen atoms in total. The zero-order valence-corrected chi connectivity index (χ0v) is 24.3. The molecule has 4 aromatic rings. The molecule has 1 heterocycles.